The van der Waals surface area contributed by atoms with E-state index < -0.39 is 20.5 Å². The predicted molar refractivity (Wildman–Crippen MR) is 98.1 cm³/mol. The molecule has 1 amide bonds. The normalized spacial score (nSPS) is 13.5. The smallest absolute Gasteiger partial charge is 0.264 e. The minimum absolute atomic E-state index is 0.0500. The zero-order chi connectivity index (χ0) is 19.4. The lowest BCUT2D eigenvalue weighted by molar-refractivity contribution is -0.131. The molecule has 1 atom stereocenters. The lowest BCUT2D eigenvalue weighted by Crippen LogP contribution is -2.49. The van der Waals surface area contributed by atoms with Crippen LogP contribution < -0.4 is 5.48 Å². The Morgan fingerprint density at radius 2 is 1.62 bits per heavy atom. The van der Waals surface area contributed by atoms with Gasteiger partial charge in [-0.15, -0.1) is 0 Å². The summed E-state index contributed by atoms with van der Waals surface area (Å²) in [5, 5.41) is 17.7. The molecule has 0 aliphatic carbocycles. The number of amides is 1. The lowest BCUT2D eigenvalue weighted by Gasteiger charge is -2.25. The van der Waals surface area contributed by atoms with Gasteiger partial charge in [-0.3, -0.25) is 10.0 Å². The molecule has 7 heteroatoms. The second-order valence-corrected chi connectivity index (χ2v) is 8.78. The third kappa shape index (κ3) is 4.10. The molecular formula is C19H20N2O4S. The van der Waals surface area contributed by atoms with Crippen molar-refractivity contribution in [2.24, 2.45) is 0 Å². The van der Waals surface area contributed by atoms with Crippen molar-refractivity contribution in [1.82, 2.24) is 5.48 Å². The largest absolute Gasteiger partial charge is 0.289 e. The Morgan fingerprint density at radius 3 is 2.04 bits per heavy atom. The van der Waals surface area contributed by atoms with Crippen LogP contribution in [0, 0.1) is 11.3 Å². The topological polar surface area (TPSA) is 107 Å². The molecule has 0 saturated carbocycles. The van der Waals surface area contributed by atoms with Crippen LogP contribution in [-0.4, -0.2) is 30.5 Å². The Kier molecular flexibility index (Phi) is 5.80. The van der Waals surface area contributed by atoms with E-state index in [-0.39, 0.29) is 6.42 Å². The van der Waals surface area contributed by atoms with E-state index in [4.69, 9.17) is 10.5 Å². The summed E-state index contributed by atoms with van der Waals surface area (Å²) < 4.78 is 22.2. The highest BCUT2D eigenvalue weighted by atomic mass is 32.2. The van der Waals surface area contributed by atoms with Crippen LogP contribution in [0.4, 0.5) is 0 Å². The summed E-state index contributed by atoms with van der Waals surface area (Å²) in [6.45, 7) is 1.30. The highest BCUT2D eigenvalue weighted by molar-refractivity contribution is 7.92. The molecule has 0 aliphatic heterocycles. The van der Waals surface area contributed by atoms with Gasteiger partial charge in [0.25, 0.3) is 5.91 Å². The van der Waals surface area contributed by atoms with Crippen LogP contribution in [-0.2, 0) is 21.1 Å². The van der Waals surface area contributed by atoms with Crippen LogP contribution in [0.25, 0.3) is 11.1 Å². The van der Waals surface area contributed by atoms with Gasteiger partial charge in [-0.25, -0.2) is 13.9 Å². The SMILES string of the molecule is C[C@@](CCc1ccc(-c2ccc(C#N)cc2)cc1)(C(=O)NO)S(C)(=O)=O. The van der Waals surface area contributed by atoms with Gasteiger partial charge in [0.1, 0.15) is 4.75 Å². The van der Waals surface area contributed by atoms with Gasteiger partial charge >= 0.3 is 0 Å². The van der Waals surface area contributed by atoms with Crippen molar-refractivity contribution in [3.8, 4) is 17.2 Å². The molecule has 0 spiro atoms. The van der Waals surface area contributed by atoms with Crippen LogP contribution >= 0.6 is 0 Å². The molecule has 0 aromatic heterocycles. The van der Waals surface area contributed by atoms with E-state index in [9.17, 15) is 13.2 Å². The van der Waals surface area contributed by atoms with Gasteiger partial charge in [0.15, 0.2) is 9.84 Å². The summed E-state index contributed by atoms with van der Waals surface area (Å²) in [6, 6.07) is 16.8. The number of hydroxylamine groups is 1. The zero-order valence-electron chi connectivity index (χ0n) is 14.6. The molecule has 0 heterocycles. The van der Waals surface area contributed by atoms with Gasteiger partial charge in [-0.2, -0.15) is 5.26 Å². The zero-order valence-corrected chi connectivity index (χ0v) is 15.4. The number of nitrogens with one attached hydrogen (secondary N) is 1. The van der Waals surface area contributed by atoms with Crippen LogP contribution in [0.3, 0.4) is 0 Å². The van der Waals surface area contributed by atoms with E-state index in [1.807, 2.05) is 36.4 Å². The molecule has 0 unspecified atom stereocenters. The van der Waals surface area contributed by atoms with Crippen LogP contribution in [0.2, 0.25) is 0 Å². The third-order valence-corrected chi connectivity index (χ3v) is 6.62. The maximum atomic E-state index is 12.0. The molecule has 136 valence electrons. The van der Waals surface area contributed by atoms with E-state index in [1.165, 1.54) is 12.4 Å². The number of carbonyl (C=O) groups is 1. The van der Waals surface area contributed by atoms with E-state index in [0.717, 1.165) is 22.9 Å². The number of hydrogen-bond donors (Lipinski definition) is 2. The Balaban J connectivity index is 2.16. The second kappa shape index (κ2) is 7.68. The van der Waals surface area contributed by atoms with E-state index in [0.29, 0.717) is 12.0 Å². The van der Waals surface area contributed by atoms with Crippen molar-refractivity contribution in [3.63, 3.8) is 0 Å². The fourth-order valence-corrected chi connectivity index (χ4v) is 3.42. The number of benzene rings is 2. The quantitative estimate of drug-likeness (QED) is 0.598. The highest BCUT2D eigenvalue weighted by Gasteiger charge is 2.43. The minimum Gasteiger partial charge on any atom is -0.289 e. The number of aryl methyl sites for hydroxylation is 1. The first-order chi connectivity index (χ1) is 12.2. The van der Waals surface area contributed by atoms with Gasteiger partial charge in [0.05, 0.1) is 11.6 Å². The first-order valence-corrected chi connectivity index (χ1v) is 9.84. The Bertz CT molecular complexity index is 929. The molecule has 0 saturated heterocycles. The lowest BCUT2D eigenvalue weighted by atomic mass is 9.97. The summed E-state index contributed by atoms with van der Waals surface area (Å²) in [6.07, 6.45) is 1.40. The molecule has 0 fully saturated rings. The summed E-state index contributed by atoms with van der Waals surface area (Å²) in [5.74, 6) is -0.936. The number of nitriles is 1. The van der Waals surface area contributed by atoms with Crippen LogP contribution in [0.15, 0.2) is 48.5 Å². The van der Waals surface area contributed by atoms with Crippen molar-refractivity contribution in [3.05, 3.63) is 59.7 Å². The van der Waals surface area contributed by atoms with Crippen molar-refractivity contribution in [2.75, 3.05) is 6.26 Å². The fraction of sp³-hybridized carbons (Fsp3) is 0.263. The van der Waals surface area contributed by atoms with Gasteiger partial charge < -0.3 is 0 Å². The fourth-order valence-electron chi connectivity index (χ4n) is 2.57. The number of hydrogen-bond acceptors (Lipinski definition) is 5. The van der Waals surface area contributed by atoms with Crippen molar-refractivity contribution >= 4 is 15.7 Å². The summed E-state index contributed by atoms with van der Waals surface area (Å²) in [5.41, 5.74) is 4.85. The monoisotopic (exact) mass is 372 g/mol. The first kappa shape index (κ1) is 19.6. The predicted octanol–water partition coefficient (Wildman–Crippen LogP) is 2.47. The number of nitrogens with zero attached hydrogens (tertiary/aromatic N) is 1. The third-order valence-electron chi connectivity index (χ3n) is 4.59. The number of rotatable bonds is 6. The number of carbonyl (C=O) groups excluding carboxylic acids is 1. The van der Waals surface area contributed by atoms with Crippen LogP contribution in [0.1, 0.15) is 24.5 Å². The maximum absolute atomic E-state index is 12.0. The highest BCUT2D eigenvalue weighted by Crippen LogP contribution is 2.25. The molecule has 0 bridgehead atoms. The second-order valence-electron chi connectivity index (χ2n) is 6.33. The Hall–Kier alpha value is -2.69. The van der Waals surface area contributed by atoms with Gasteiger partial charge in [0, 0.05) is 6.26 Å². The molecule has 2 aromatic rings. The molecule has 6 nitrogen and oxygen atoms in total. The minimum atomic E-state index is -3.70. The standard InChI is InChI=1S/C19H20N2O4S/c1-19(18(22)21-23,26(2,24)25)12-11-14-3-7-16(8-4-14)17-9-5-15(13-20)6-10-17/h3-10,23H,11-12H2,1-2H3,(H,21,22)/t19-/m1/s1. The van der Waals surface area contributed by atoms with E-state index in [1.54, 1.807) is 12.1 Å². The molecule has 2 aromatic carbocycles. The maximum Gasteiger partial charge on any atom is 0.264 e. The average molecular weight is 372 g/mol. The van der Waals surface area contributed by atoms with Gasteiger partial charge in [-0.05, 0) is 48.6 Å². The summed E-state index contributed by atoms with van der Waals surface area (Å²) in [7, 11) is -3.70. The molecular weight excluding hydrogens is 352 g/mol. The van der Waals surface area contributed by atoms with Crippen LogP contribution in [0.5, 0.6) is 0 Å². The summed E-state index contributed by atoms with van der Waals surface area (Å²) >= 11 is 0. The van der Waals surface area contributed by atoms with Gasteiger partial charge in [-0.1, -0.05) is 36.4 Å². The molecule has 0 aliphatic rings. The first-order valence-electron chi connectivity index (χ1n) is 7.95. The van der Waals surface area contributed by atoms with Crippen molar-refractivity contribution < 1.29 is 18.4 Å². The Labute approximate surface area is 153 Å². The molecule has 26 heavy (non-hydrogen) atoms. The van der Waals surface area contributed by atoms with Crippen molar-refractivity contribution in [2.45, 2.75) is 24.5 Å². The number of sulfone groups is 1. The summed E-state index contributed by atoms with van der Waals surface area (Å²) in [4.78, 5) is 11.8. The molecule has 0 radical (unpaired) electrons. The van der Waals surface area contributed by atoms with Gasteiger partial charge in [0.2, 0.25) is 0 Å². The Morgan fingerprint density at radius 1 is 1.12 bits per heavy atom. The van der Waals surface area contributed by atoms with E-state index in [2.05, 4.69) is 6.07 Å². The average Bonchev–Trinajstić information content (AvgIpc) is 2.65. The van der Waals surface area contributed by atoms with Crippen molar-refractivity contribution in [1.29, 1.82) is 5.26 Å². The van der Waals surface area contributed by atoms with E-state index >= 15 is 0 Å². The molecule has 2 rings (SSSR count). The molecule has 2 N–H and O–H groups in total.